The van der Waals surface area contributed by atoms with Crippen LogP contribution < -0.4 is 10.1 Å². The Labute approximate surface area is 124 Å². The molecular weight excluding hydrogens is 274 g/mol. The van der Waals surface area contributed by atoms with E-state index in [4.69, 9.17) is 20.8 Å². The van der Waals surface area contributed by atoms with E-state index in [1.165, 1.54) is 0 Å². The van der Waals surface area contributed by atoms with Crippen molar-refractivity contribution in [3.8, 4) is 5.75 Å². The predicted molar refractivity (Wildman–Crippen MR) is 81.3 cm³/mol. The van der Waals surface area contributed by atoms with Gasteiger partial charge in [-0.3, -0.25) is 0 Å². The van der Waals surface area contributed by atoms with Crippen molar-refractivity contribution in [1.29, 1.82) is 0 Å². The van der Waals surface area contributed by atoms with Crippen molar-refractivity contribution in [3.05, 3.63) is 51.9 Å². The fourth-order valence-corrected chi connectivity index (χ4v) is 2.23. The van der Waals surface area contributed by atoms with Crippen molar-refractivity contribution in [1.82, 2.24) is 5.32 Å². The maximum absolute atomic E-state index is 6.15. The van der Waals surface area contributed by atoms with Gasteiger partial charge in [0.15, 0.2) is 0 Å². The summed E-state index contributed by atoms with van der Waals surface area (Å²) in [5, 5.41) is 3.88. The van der Waals surface area contributed by atoms with E-state index in [2.05, 4.69) is 12.2 Å². The van der Waals surface area contributed by atoms with Gasteiger partial charge in [0.05, 0.1) is 11.6 Å². The molecule has 108 valence electrons. The Balaban J connectivity index is 2.01. The molecule has 0 saturated carbocycles. The van der Waals surface area contributed by atoms with Gasteiger partial charge >= 0.3 is 0 Å². The van der Waals surface area contributed by atoms with Gasteiger partial charge in [-0.15, -0.1) is 0 Å². The van der Waals surface area contributed by atoms with Crippen LogP contribution in [0.25, 0.3) is 0 Å². The monoisotopic (exact) mass is 293 g/mol. The zero-order chi connectivity index (χ0) is 14.5. The Hall–Kier alpha value is -1.45. The Bertz CT molecular complexity index is 578. The molecular formula is C16H20ClNO2. The number of hydrogen-bond acceptors (Lipinski definition) is 3. The number of furan rings is 1. The fourth-order valence-electron chi connectivity index (χ4n) is 1.94. The molecule has 0 fully saturated rings. The van der Waals surface area contributed by atoms with Crippen molar-refractivity contribution in [3.63, 3.8) is 0 Å². The fraction of sp³-hybridized carbons (Fsp3) is 0.375. The highest BCUT2D eigenvalue weighted by Crippen LogP contribution is 2.26. The topological polar surface area (TPSA) is 34.4 Å². The van der Waals surface area contributed by atoms with Gasteiger partial charge in [-0.1, -0.05) is 24.6 Å². The first-order valence-corrected chi connectivity index (χ1v) is 7.15. The minimum Gasteiger partial charge on any atom is -0.487 e. The third-order valence-electron chi connectivity index (χ3n) is 3.09. The summed E-state index contributed by atoms with van der Waals surface area (Å²) in [5.41, 5.74) is 2.17. The van der Waals surface area contributed by atoms with Crippen LogP contribution in [0.4, 0.5) is 0 Å². The van der Waals surface area contributed by atoms with E-state index < -0.39 is 0 Å². The number of benzene rings is 1. The molecule has 0 unspecified atom stereocenters. The minimum absolute atomic E-state index is 0.463. The molecule has 1 N–H and O–H groups in total. The third kappa shape index (κ3) is 3.78. The molecule has 2 aromatic rings. The number of nitrogens with one attached hydrogen (secondary N) is 1. The van der Waals surface area contributed by atoms with Crippen LogP contribution in [0.1, 0.15) is 29.6 Å². The van der Waals surface area contributed by atoms with Crippen molar-refractivity contribution < 1.29 is 9.15 Å². The van der Waals surface area contributed by atoms with E-state index in [1.807, 2.05) is 38.1 Å². The lowest BCUT2D eigenvalue weighted by Crippen LogP contribution is -2.10. The molecule has 20 heavy (non-hydrogen) atoms. The Morgan fingerprint density at radius 3 is 2.75 bits per heavy atom. The van der Waals surface area contributed by atoms with Crippen molar-refractivity contribution in [2.45, 2.75) is 33.9 Å². The summed E-state index contributed by atoms with van der Waals surface area (Å²) in [6, 6.07) is 7.81. The quantitative estimate of drug-likeness (QED) is 0.865. The number of aryl methyl sites for hydroxylation is 2. The van der Waals surface area contributed by atoms with Crippen LogP contribution in [-0.4, -0.2) is 6.54 Å². The van der Waals surface area contributed by atoms with E-state index in [0.29, 0.717) is 17.4 Å². The van der Waals surface area contributed by atoms with E-state index in [9.17, 15) is 0 Å². The summed E-state index contributed by atoms with van der Waals surface area (Å²) in [4.78, 5) is 0. The zero-order valence-corrected chi connectivity index (χ0v) is 12.9. The maximum atomic E-state index is 6.15. The smallest absolute Gasteiger partial charge is 0.138 e. The molecule has 0 atom stereocenters. The third-order valence-corrected chi connectivity index (χ3v) is 3.39. The molecule has 0 saturated heterocycles. The van der Waals surface area contributed by atoms with Gasteiger partial charge in [-0.2, -0.15) is 0 Å². The summed E-state index contributed by atoms with van der Waals surface area (Å²) in [7, 11) is 0. The van der Waals surface area contributed by atoms with Crippen molar-refractivity contribution >= 4 is 11.6 Å². The molecule has 0 bridgehead atoms. The summed E-state index contributed by atoms with van der Waals surface area (Å²) < 4.78 is 11.4. The van der Waals surface area contributed by atoms with Gasteiger partial charge in [0, 0.05) is 5.56 Å². The van der Waals surface area contributed by atoms with Crippen LogP contribution in [0.2, 0.25) is 5.02 Å². The van der Waals surface area contributed by atoms with E-state index in [-0.39, 0.29) is 0 Å². The van der Waals surface area contributed by atoms with E-state index >= 15 is 0 Å². The average molecular weight is 294 g/mol. The highest BCUT2D eigenvalue weighted by Gasteiger charge is 2.09. The first kappa shape index (κ1) is 14.9. The molecule has 0 radical (unpaired) electrons. The Kier molecular flexibility index (Phi) is 5.10. The van der Waals surface area contributed by atoms with Gasteiger partial charge in [-0.25, -0.2) is 0 Å². The SMILES string of the molecule is CCNCc1cc(COc2ccc(C)cc2Cl)c(C)o1. The largest absolute Gasteiger partial charge is 0.487 e. The molecule has 2 rings (SSSR count). The van der Waals surface area contributed by atoms with Crippen LogP contribution in [-0.2, 0) is 13.2 Å². The molecule has 1 aromatic carbocycles. The highest BCUT2D eigenvalue weighted by atomic mass is 35.5. The summed E-state index contributed by atoms with van der Waals surface area (Å²) in [5.74, 6) is 2.52. The molecule has 1 heterocycles. The highest BCUT2D eigenvalue weighted by molar-refractivity contribution is 6.32. The first-order valence-electron chi connectivity index (χ1n) is 6.78. The lowest BCUT2D eigenvalue weighted by Gasteiger charge is -2.07. The van der Waals surface area contributed by atoms with Crippen LogP contribution in [0.15, 0.2) is 28.7 Å². The Morgan fingerprint density at radius 1 is 1.25 bits per heavy atom. The number of rotatable bonds is 6. The van der Waals surface area contributed by atoms with Gasteiger partial charge in [-0.05, 0) is 44.2 Å². The van der Waals surface area contributed by atoms with Gasteiger partial charge < -0.3 is 14.5 Å². The number of halogens is 1. The van der Waals surface area contributed by atoms with Crippen LogP contribution >= 0.6 is 11.6 Å². The van der Waals surface area contributed by atoms with E-state index in [0.717, 1.165) is 35.7 Å². The Morgan fingerprint density at radius 2 is 2.05 bits per heavy atom. The lowest BCUT2D eigenvalue weighted by molar-refractivity contribution is 0.303. The van der Waals surface area contributed by atoms with Crippen LogP contribution in [0, 0.1) is 13.8 Å². The second-order valence-corrected chi connectivity index (χ2v) is 5.20. The van der Waals surface area contributed by atoms with E-state index in [1.54, 1.807) is 0 Å². The lowest BCUT2D eigenvalue weighted by atomic mass is 10.2. The summed E-state index contributed by atoms with van der Waals surface area (Å²) >= 11 is 6.15. The molecule has 0 aliphatic rings. The predicted octanol–water partition coefficient (Wildman–Crippen LogP) is 4.24. The second kappa shape index (κ2) is 6.82. The van der Waals surface area contributed by atoms with Crippen molar-refractivity contribution in [2.75, 3.05) is 6.54 Å². The molecule has 0 aliphatic carbocycles. The molecule has 3 nitrogen and oxygen atoms in total. The minimum atomic E-state index is 0.463. The van der Waals surface area contributed by atoms with Gasteiger partial charge in [0.2, 0.25) is 0 Å². The average Bonchev–Trinajstić information content (AvgIpc) is 2.76. The van der Waals surface area contributed by atoms with Crippen molar-refractivity contribution in [2.24, 2.45) is 0 Å². The summed E-state index contributed by atoms with van der Waals surface area (Å²) in [6.45, 7) is 8.14. The molecule has 4 heteroatoms. The van der Waals surface area contributed by atoms with Gasteiger partial charge in [0.25, 0.3) is 0 Å². The second-order valence-electron chi connectivity index (χ2n) is 4.80. The zero-order valence-electron chi connectivity index (χ0n) is 12.1. The number of hydrogen-bond donors (Lipinski definition) is 1. The van der Waals surface area contributed by atoms with Gasteiger partial charge in [0.1, 0.15) is 23.9 Å². The molecule has 0 amide bonds. The standard InChI is InChI=1S/C16H20ClNO2/c1-4-18-9-14-8-13(12(3)20-14)10-19-16-6-5-11(2)7-15(16)17/h5-8,18H,4,9-10H2,1-3H3. The maximum Gasteiger partial charge on any atom is 0.138 e. The molecule has 0 spiro atoms. The normalized spacial score (nSPS) is 10.8. The first-order chi connectivity index (χ1) is 9.60. The summed E-state index contributed by atoms with van der Waals surface area (Å²) in [6.07, 6.45) is 0. The number of ether oxygens (including phenoxy) is 1. The molecule has 1 aromatic heterocycles. The van der Waals surface area contributed by atoms with Crippen LogP contribution in [0.3, 0.4) is 0 Å². The van der Waals surface area contributed by atoms with Crippen LogP contribution in [0.5, 0.6) is 5.75 Å². The molecule has 0 aliphatic heterocycles.